The Morgan fingerprint density at radius 3 is 2.71 bits per heavy atom. The minimum absolute atomic E-state index is 0.250. The molecule has 0 bridgehead atoms. The summed E-state index contributed by atoms with van der Waals surface area (Å²) in [6, 6.07) is 1.90. The minimum Gasteiger partial charge on any atom is -0.483 e. The highest BCUT2D eigenvalue weighted by molar-refractivity contribution is 5.48. The average molecular weight is 329 g/mol. The van der Waals surface area contributed by atoms with Gasteiger partial charge in [0.05, 0.1) is 6.20 Å². The topological polar surface area (TPSA) is 112 Å². The molecule has 0 aliphatic rings. The molecule has 0 aromatic carbocycles. The normalized spacial score (nSPS) is 10.0. The van der Waals surface area contributed by atoms with Crippen LogP contribution >= 0.6 is 0 Å². The van der Waals surface area contributed by atoms with Gasteiger partial charge in [-0.3, -0.25) is 9.48 Å². The highest BCUT2D eigenvalue weighted by Crippen LogP contribution is 2.15. The fourth-order valence-corrected chi connectivity index (χ4v) is 2.17. The molecule has 3 heterocycles. The fraction of sp³-hybridized carbons (Fsp3) is 0.333. The van der Waals surface area contributed by atoms with Gasteiger partial charge in [-0.25, -0.2) is 15.0 Å². The lowest BCUT2D eigenvalue weighted by Gasteiger charge is -2.08. The van der Waals surface area contributed by atoms with Gasteiger partial charge in [-0.05, 0) is 12.5 Å². The first-order valence-corrected chi connectivity index (χ1v) is 7.53. The van der Waals surface area contributed by atoms with E-state index in [1.165, 1.54) is 0 Å². The first-order chi connectivity index (χ1) is 11.8. The van der Waals surface area contributed by atoms with Gasteiger partial charge in [0.25, 0.3) is 6.47 Å². The summed E-state index contributed by atoms with van der Waals surface area (Å²) in [6.07, 6.45) is 10.9. The molecule has 0 atom stereocenters. The van der Waals surface area contributed by atoms with Crippen molar-refractivity contribution in [3.8, 4) is 11.5 Å². The summed E-state index contributed by atoms with van der Waals surface area (Å²) in [4.78, 5) is 21.5. The first-order valence-electron chi connectivity index (χ1n) is 7.53. The molecule has 9 nitrogen and oxygen atoms in total. The van der Waals surface area contributed by atoms with E-state index in [2.05, 4.69) is 29.8 Å². The zero-order valence-electron chi connectivity index (χ0n) is 13.4. The molecular weight excluding hydrogens is 310 g/mol. The van der Waals surface area contributed by atoms with Crippen molar-refractivity contribution in [3.63, 3.8) is 0 Å². The maximum atomic E-state index is 8.36. The van der Waals surface area contributed by atoms with E-state index in [4.69, 9.17) is 9.90 Å². The molecule has 0 radical (unpaired) electrons. The average Bonchev–Trinajstić information content (AvgIpc) is 3.27. The summed E-state index contributed by atoms with van der Waals surface area (Å²) in [5, 5.41) is 14.6. The highest BCUT2D eigenvalue weighted by atomic mass is 16.3. The van der Waals surface area contributed by atoms with E-state index >= 15 is 0 Å². The number of aryl methyl sites for hydroxylation is 3. The van der Waals surface area contributed by atoms with Crippen LogP contribution in [0.25, 0.3) is 11.5 Å². The van der Waals surface area contributed by atoms with Gasteiger partial charge in [-0.1, -0.05) is 12.1 Å². The van der Waals surface area contributed by atoms with Crippen molar-refractivity contribution in [1.82, 2.24) is 34.5 Å². The molecule has 0 unspecified atom stereocenters. The van der Waals surface area contributed by atoms with Crippen molar-refractivity contribution in [2.75, 3.05) is 0 Å². The number of hydrogen-bond donors (Lipinski definition) is 1. The largest absolute Gasteiger partial charge is 0.483 e. The molecule has 0 aliphatic heterocycles. The Morgan fingerprint density at radius 2 is 2.00 bits per heavy atom. The van der Waals surface area contributed by atoms with Crippen molar-refractivity contribution in [2.24, 2.45) is 0 Å². The van der Waals surface area contributed by atoms with Crippen molar-refractivity contribution in [2.45, 2.75) is 32.9 Å². The smallest absolute Gasteiger partial charge is 0.290 e. The third-order valence-corrected chi connectivity index (χ3v) is 3.22. The number of aromatic nitrogens is 7. The SMILES string of the molecule is CCc1nccc(-c2nccn2CCCn2ccnn2)n1.O=CO. The third-order valence-electron chi connectivity index (χ3n) is 3.22. The van der Waals surface area contributed by atoms with Crippen LogP contribution in [-0.4, -0.2) is 46.1 Å². The second kappa shape index (κ2) is 9.13. The van der Waals surface area contributed by atoms with E-state index in [1.807, 2.05) is 30.1 Å². The van der Waals surface area contributed by atoms with E-state index in [9.17, 15) is 0 Å². The minimum atomic E-state index is -0.250. The number of nitrogens with zero attached hydrogens (tertiary/aromatic N) is 7. The van der Waals surface area contributed by atoms with E-state index in [0.717, 1.165) is 43.3 Å². The second-order valence-electron chi connectivity index (χ2n) is 4.78. The molecule has 3 aromatic rings. The quantitative estimate of drug-likeness (QED) is 0.678. The van der Waals surface area contributed by atoms with Crippen molar-refractivity contribution < 1.29 is 9.90 Å². The van der Waals surface area contributed by atoms with Crippen LogP contribution in [0.3, 0.4) is 0 Å². The Bertz CT molecular complexity index is 740. The monoisotopic (exact) mass is 329 g/mol. The maximum absolute atomic E-state index is 8.36. The molecule has 0 saturated heterocycles. The zero-order chi connectivity index (χ0) is 17.2. The molecule has 0 amide bonds. The Kier molecular flexibility index (Phi) is 6.57. The van der Waals surface area contributed by atoms with Gasteiger partial charge in [0, 0.05) is 44.3 Å². The molecule has 0 saturated carbocycles. The molecule has 126 valence electrons. The fourth-order valence-electron chi connectivity index (χ4n) is 2.17. The predicted molar refractivity (Wildman–Crippen MR) is 86.0 cm³/mol. The van der Waals surface area contributed by atoms with Gasteiger partial charge in [0.1, 0.15) is 11.5 Å². The molecule has 0 aliphatic carbocycles. The van der Waals surface area contributed by atoms with Gasteiger partial charge in [-0.15, -0.1) is 5.10 Å². The zero-order valence-corrected chi connectivity index (χ0v) is 13.4. The summed E-state index contributed by atoms with van der Waals surface area (Å²) in [5.74, 6) is 1.72. The van der Waals surface area contributed by atoms with E-state index < -0.39 is 0 Å². The van der Waals surface area contributed by atoms with Crippen molar-refractivity contribution in [1.29, 1.82) is 0 Å². The Hall–Kier alpha value is -3.10. The lowest BCUT2D eigenvalue weighted by molar-refractivity contribution is -0.122. The van der Waals surface area contributed by atoms with E-state index in [0.29, 0.717) is 0 Å². The summed E-state index contributed by atoms with van der Waals surface area (Å²) < 4.78 is 3.94. The summed E-state index contributed by atoms with van der Waals surface area (Å²) >= 11 is 0. The summed E-state index contributed by atoms with van der Waals surface area (Å²) in [5.41, 5.74) is 0.868. The predicted octanol–water partition coefficient (Wildman–Crippen LogP) is 1.29. The first kappa shape index (κ1) is 17.3. The van der Waals surface area contributed by atoms with Crippen LogP contribution in [-0.2, 0) is 24.3 Å². The summed E-state index contributed by atoms with van der Waals surface area (Å²) in [7, 11) is 0. The number of carboxylic acid groups (broad SMARTS) is 1. The lowest BCUT2D eigenvalue weighted by atomic mass is 10.3. The molecule has 1 N–H and O–H groups in total. The second-order valence-corrected chi connectivity index (χ2v) is 4.78. The highest BCUT2D eigenvalue weighted by Gasteiger charge is 2.08. The third kappa shape index (κ3) is 4.70. The van der Waals surface area contributed by atoms with Gasteiger partial charge in [-0.2, -0.15) is 0 Å². The molecule has 3 rings (SSSR count). The van der Waals surface area contributed by atoms with E-state index in [1.54, 1.807) is 18.6 Å². The number of imidazole rings is 1. The maximum Gasteiger partial charge on any atom is 0.290 e. The molecular formula is C15H19N7O2. The van der Waals surface area contributed by atoms with Crippen LogP contribution in [0.1, 0.15) is 19.2 Å². The Balaban J connectivity index is 0.000000647. The van der Waals surface area contributed by atoms with Crippen LogP contribution < -0.4 is 0 Å². The molecule has 9 heteroatoms. The Morgan fingerprint density at radius 1 is 1.17 bits per heavy atom. The van der Waals surface area contributed by atoms with Gasteiger partial charge >= 0.3 is 0 Å². The van der Waals surface area contributed by atoms with Crippen LogP contribution in [0.15, 0.2) is 37.1 Å². The van der Waals surface area contributed by atoms with Crippen LogP contribution in [0.2, 0.25) is 0 Å². The summed E-state index contributed by atoms with van der Waals surface area (Å²) in [6.45, 7) is 3.49. The standard InChI is InChI=1S/C14H17N7.CH2O2/c1-2-13-15-5-4-12(18-13)14-16-6-10-20(14)8-3-9-21-11-7-17-19-21;2-1-3/h4-7,10-11H,2-3,8-9H2,1H3;1H,(H,2,3). The molecule has 3 aromatic heterocycles. The van der Waals surface area contributed by atoms with Crippen molar-refractivity contribution >= 4 is 6.47 Å². The molecule has 0 fully saturated rings. The van der Waals surface area contributed by atoms with E-state index in [-0.39, 0.29) is 6.47 Å². The number of hydrogen-bond acceptors (Lipinski definition) is 6. The molecule has 24 heavy (non-hydrogen) atoms. The molecule has 0 spiro atoms. The van der Waals surface area contributed by atoms with Crippen LogP contribution in [0.5, 0.6) is 0 Å². The number of carbonyl (C=O) groups is 1. The Labute approximate surface area is 139 Å². The number of rotatable bonds is 6. The van der Waals surface area contributed by atoms with Crippen LogP contribution in [0, 0.1) is 0 Å². The van der Waals surface area contributed by atoms with Gasteiger partial charge < -0.3 is 9.67 Å². The van der Waals surface area contributed by atoms with Crippen molar-refractivity contribution in [3.05, 3.63) is 42.9 Å². The lowest BCUT2D eigenvalue weighted by Crippen LogP contribution is -2.06. The van der Waals surface area contributed by atoms with Gasteiger partial charge in [0.2, 0.25) is 0 Å². The van der Waals surface area contributed by atoms with Gasteiger partial charge in [0.15, 0.2) is 5.82 Å². The van der Waals surface area contributed by atoms with Crippen LogP contribution in [0.4, 0.5) is 0 Å².